The van der Waals surface area contributed by atoms with Gasteiger partial charge < -0.3 is 26.4 Å². The molecule has 9 heteroatoms. The van der Waals surface area contributed by atoms with Gasteiger partial charge in [-0.25, -0.2) is 4.79 Å². The van der Waals surface area contributed by atoms with Gasteiger partial charge in [-0.05, 0) is 94.0 Å². The van der Waals surface area contributed by atoms with Crippen molar-refractivity contribution in [2.75, 3.05) is 5.32 Å². The van der Waals surface area contributed by atoms with Crippen LogP contribution in [0, 0.1) is 0 Å². The first kappa shape index (κ1) is 29.6. The van der Waals surface area contributed by atoms with Gasteiger partial charge in [0.15, 0.2) is 0 Å². The molecule has 9 nitrogen and oxygen atoms in total. The van der Waals surface area contributed by atoms with Crippen molar-refractivity contribution in [2.24, 2.45) is 5.73 Å². The minimum absolute atomic E-state index is 0.0434. The van der Waals surface area contributed by atoms with E-state index >= 15 is 0 Å². The normalized spacial score (nSPS) is 16.7. The first-order valence-electron chi connectivity index (χ1n) is 14.5. The minimum atomic E-state index is -0.568. The molecular formula is C34H37N5O4. The molecule has 1 aromatic heterocycles. The predicted octanol–water partition coefficient (Wildman–Crippen LogP) is 6.31. The largest absolute Gasteiger partial charge is 0.444 e. The number of nitrogens with two attached hydrogens (primary N) is 1. The van der Waals surface area contributed by atoms with E-state index in [4.69, 9.17) is 10.5 Å². The molecule has 0 unspecified atom stereocenters. The number of anilines is 2. The molecule has 1 saturated carbocycles. The standard InChI is InChI=1S/C34H37N5O4/c1-34(2,3)43-33(42)39-26-16-14-25(15-17-26)38-32(41)22-11-9-21(10-12-22)23-13-18-29-27(19-23)30(28(20-36-29)31(35)40)37-24-7-5-4-6-8-24/h4-13,18-20,25-26H,14-17H2,1-3H3,(H2,35,40)(H,36,37)(H,38,41)(H,39,42)/t25-,26+. The first-order valence-corrected chi connectivity index (χ1v) is 14.5. The molecule has 1 aliphatic carbocycles. The zero-order valence-corrected chi connectivity index (χ0v) is 24.6. The van der Waals surface area contributed by atoms with Crippen molar-refractivity contribution in [3.8, 4) is 11.1 Å². The fraction of sp³-hybridized carbons (Fsp3) is 0.294. The highest BCUT2D eigenvalue weighted by Gasteiger charge is 2.26. The van der Waals surface area contributed by atoms with E-state index in [1.165, 1.54) is 6.20 Å². The lowest BCUT2D eigenvalue weighted by atomic mass is 9.91. The molecule has 1 fully saturated rings. The van der Waals surface area contributed by atoms with E-state index < -0.39 is 17.6 Å². The Labute approximate surface area is 251 Å². The second-order valence-corrected chi connectivity index (χ2v) is 11.9. The van der Waals surface area contributed by atoms with Gasteiger partial charge in [-0.15, -0.1) is 0 Å². The first-order chi connectivity index (χ1) is 20.6. The van der Waals surface area contributed by atoms with Crippen LogP contribution < -0.4 is 21.7 Å². The lowest BCUT2D eigenvalue weighted by molar-refractivity contribution is 0.0487. The molecule has 43 heavy (non-hydrogen) atoms. The van der Waals surface area contributed by atoms with Crippen molar-refractivity contribution >= 4 is 40.2 Å². The highest BCUT2D eigenvalue weighted by molar-refractivity contribution is 6.08. The van der Waals surface area contributed by atoms with E-state index in [2.05, 4.69) is 20.9 Å². The van der Waals surface area contributed by atoms with Crippen LogP contribution >= 0.6 is 0 Å². The van der Waals surface area contributed by atoms with E-state index in [1.807, 2.05) is 93.6 Å². The molecule has 0 saturated heterocycles. The molecule has 0 radical (unpaired) electrons. The van der Waals surface area contributed by atoms with E-state index in [1.54, 1.807) is 0 Å². The molecule has 1 aliphatic rings. The third-order valence-electron chi connectivity index (χ3n) is 7.44. The summed E-state index contributed by atoms with van der Waals surface area (Å²) in [6, 6.07) is 22.9. The van der Waals surface area contributed by atoms with Crippen LogP contribution in [-0.4, -0.2) is 40.6 Å². The van der Waals surface area contributed by atoms with Gasteiger partial charge in [-0.2, -0.15) is 0 Å². The van der Waals surface area contributed by atoms with Crippen molar-refractivity contribution in [2.45, 2.75) is 64.1 Å². The minimum Gasteiger partial charge on any atom is -0.444 e. The fourth-order valence-corrected chi connectivity index (χ4v) is 5.30. The fourth-order valence-electron chi connectivity index (χ4n) is 5.30. The molecule has 4 aromatic rings. The van der Waals surface area contributed by atoms with Crippen LogP contribution in [0.5, 0.6) is 0 Å². The van der Waals surface area contributed by atoms with Crippen molar-refractivity contribution in [1.29, 1.82) is 0 Å². The van der Waals surface area contributed by atoms with Crippen molar-refractivity contribution in [3.05, 3.63) is 90.1 Å². The molecule has 0 atom stereocenters. The number of carbonyl (C=O) groups excluding carboxylic acids is 3. The number of ether oxygens (including phenoxy) is 1. The van der Waals surface area contributed by atoms with Crippen LogP contribution in [0.25, 0.3) is 22.0 Å². The van der Waals surface area contributed by atoms with Crippen molar-refractivity contribution in [3.63, 3.8) is 0 Å². The van der Waals surface area contributed by atoms with Crippen molar-refractivity contribution in [1.82, 2.24) is 15.6 Å². The Morgan fingerprint density at radius 2 is 1.47 bits per heavy atom. The second-order valence-electron chi connectivity index (χ2n) is 11.9. The Morgan fingerprint density at radius 1 is 0.837 bits per heavy atom. The number of aromatic nitrogens is 1. The molecule has 1 heterocycles. The van der Waals surface area contributed by atoms with Crippen LogP contribution in [0.3, 0.4) is 0 Å². The highest BCUT2D eigenvalue weighted by Crippen LogP contribution is 2.33. The lowest BCUT2D eigenvalue weighted by Gasteiger charge is -2.30. The summed E-state index contributed by atoms with van der Waals surface area (Å²) in [6.45, 7) is 5.52. The number of fused-ring (bicyclic) bond motifs is 1. The van der Waals surface area contributed by atoms with Gasteiger partial charge in [-0.3, -0.25) is 14.6 Å². The maximum atomic E-state index is 13.0. The lowest BCUT2D eigenvalue weighted by Crippen LogP contribution is -2.45. The number of benzene rings is 3. The number of primary amides is 1. The van der Waals surface area contributed by atoms with Gasteiger partial charge in [-0.1, -0.05) is 36.4 Å². The summed E-state index contributed by atoms with van der Waals surface area (Å²) in [7, 11) is 0. The highest BCUT2D eigenvalue weighted by atomic mass is 16.6. The monoisotopic (exact) mass is 579 g/mol. The second kappa shape index (κ2) is 12.5. The number of nitrogens with zero attached hydrogens (tertiary/aromatic N) is 1. The van der Waals surface area contributed by atoms with Gasteiger partial charge in [0.1, 0.15) is 5.60 Å². The van der Waals surface area contributed by atoms with Crippen LogP contribution in [0.4, 0.5) is 16.2 Å². The number of hydrogen-bond donors (Lipinski definition) is 4. The molecule has 0 spiro atoms. The average Bonchev–Trinajstić information content (AvgIpc) is 2.97. The molecule has 3 amide bonds. The SMILES string of the molecule is CC(C)(C)OC(=O)N[C@H]1CC[C@@H](NC(=O)c2ccc(-c3ccc4ncc(C(N)=O)c(Nc5ccccc5)c4c3)cc2)CC1. The quantitative estimate of drug-likeness (QED) is 0.203. The summed E-state index contributed by atoms with van der Waals surface area (Å²) < 4.78 is 5.35. The zero-order valence-electron chi connectivity index (χ0n) is 24.6. The predicted molar refractivity (Wildman–Crippen MR) is 168 cm³/mol. The smallest absolute Gasteiger partial charge is 0.407 e. The third kappa shape index (κ3) is 7.48. The Kier molecular flexibility index (Phi) is 8.61. The van der Waals surface area contributed by atoms with Gasteiger partial charge in [0.05, 0.1) is 16.8 Å². The number of pyridine rings is 1. The maximum absolute atomic E-state index is 13.0. The van der Waals surface area contributed by atoms with Gasteiger partial charge in [0.25, 0.3) is 11.8 Å². The summed E-state index contributed by atoms with van der Waals surface area (Å²) in [5.74, 6) is -0.695. The number of amides is 3. The van der Waals surface area contributed by atoms with Gasteiger partial charge in [0, 0.05) is 34.9 Å². The molecule has 0 bridgehead atoms. The molecule has 3 aromatic carbocycles. The summed E-state index contributed by atoms with van der Waals surface area (Å²) >= 11 is 0. The van der Waals surface area contributed by atoms with E-state index in [0.29, 0.717) is 16.8 Å². The molecule has 5 rings (SSSR count). The Balaban J connectivity index is 1.26. The zero-order chi connectivity index (χ0) is 30.6. The Morgan fingerprint density at radius 3 is 2.09 bits per heavy atom. The Hall–Kier alpha value is -4.92. The number of nitrogens with one attached hydrogen (secondary N) is 3. The van der Waals surface area contributed by atoms with Crippen LogP contribution in [0.2, 0.25) is 0 Å². The van der Waals surface area contributed by atoms with E-state index in [-0.39, 0.29) is 18.0 Å². The maximum Gasteiger partial charge on any atom is 0.407 e. The molecular weight excluding hydrogens is 542 g/mol. The summed E-state index contributed by atoms with van der Waals surface area (Å²) in [4.78, 5) is 41.8. The van der Waals surface area contributed by atoms with E-state index in [0.717, 1.165) is 53.4 Å². The average molecular weight is 580 g/mol. The summed E-state index contributed by atoms with van der Waals surface area (Å²) in [6.07, 6.45) is 4.20. The summed E-state index contributed by atoms with van der Waals surface area (Å²) in [5, 5.41) is 10.2. The summed E-state index contributed by atoms with van der Waals surface area (Å²) in [5.41, 5.74) is 10.00. The van der Waals surface area contributed by atoms with Gasteiger partial charge >= 0.3 is 6.09 Å². The molecule has 222 valence electrons. The number of para-hydroxylation sites is 1. The van der Waals surface area contributed by atoms with Gasteiger partial charge in [0.2, 0.25) is 0 Å². The number of hydrogen-bond acceptors (Lipinski definition) is 6. The van der Waals surface area contributed by atoms with Crippen LogP contribution in [0.15, 0.2) is 79.0 Å². The van der Waals surface area contributed by atoms with Crippen molar-refractivity contribution < 1.29 is 19.1 Å². The van der Waals surface area contributed by atoms with E-state index in [9.17, 15) is 14.4 Å². The molecule has 5 N–H and O–H groups in total. The van der Waals surface area contributed by atoms with Crippen LogP contribution in [-0.2, 0) is 4.74 Å². The topological polar surface area (TPSA) is 135 Å². The Bertz CT molecular complexity index is 1620. The third-order valence-corrected chi connectivity index (χ3v) is 7.44. The number of carbonyl (C=O) groups is 3. The number of alkyl carbamates (subject to hydrolysis) is 1. The van der Waals surface area contributed by atoms with Crippen LogP contribution in [0.1, 0.15) is 67.2 Å². The number of rotatable bonds is 7. The molecule has 0 aliphatic heterocycles.